The van der Waals surface area contributed by atoms with E-state index in [-0.39, 0.29) is 11.9 Å². The fraction of sp³-hybridized carbons (Fsp3) is 0.562. The number of nitrogens with one attached hydrogen (secondary N) is 2. The van der Waals surface area contributed by atoms with E-state index in [4.69, 9.17) is 11.6 Å². The third-order valence-corrected chi connectivity index (χ3v) is 4.21. The van der Waals surface area contributed by atoms with Gasteiger partial charge in [-0.05, 0) is 43.5 Å². The minimum atomic E-state index is -0.0948. The first-order valence-corrected chi connectivity index (χ1v) is 8.02. The number of rotatable bonds is 5. The topological polar surface area (TPSA) is 44.4 Å². The van der Waals surface area contributed by atoms with Gasteiger partial charge in [0, 0.05) is 30.8 Å². The predicted molar refractivity (Wildman–Crippen MR) is 87.9 cm³/mol. The second-order valence-electron chi connectivity index (χ2n) is 5.37. The van der Waals surface area contributed by atoms with Crippen LogP contribution in [0.3, 0.4) is 0 Å². The highest BCUT2D eigenvalue weighted by Gasteiger charge is 2.29. The number of piperidine rings is 1. The number of nitrogens with zero attached hydrogens (tertiary/aromatic N) is 1. The van der Waals surface area contributed by atoms with E-state index in [2.05, 4.69) is 28.5 Å². The molecule has 1 amide bonds. The van der Waals surface area contributed by atoms with Crippen LogP contribution in [-0.4, -0.2) is 32.1 Å². The van der Waals surface area contributed by atoms with Crippen LogP contribution < -0.4 is 15.5 Å². The third-order valence-electron chi connectivity index (χ3n) is 3.97. The zero-order valence-corrected chi connectivity index (χ0v) is 13.5. The number of carbonyl (C=O) groups excluding carboxylic acids is 1. The van der Waals surface area contributed by atoms with Crippen molar-refractivity contribution >= 4 is 23.2 Å². The molecule has 1 unspecified atom stereocenters. The van der Waals surface area contributed by atoms with Gasteiger partial charge in [-0.25, -0.2) is 0 Å². The lowest BCUT2D eigenvalue weighted by Gasteiger charge is -2.37. The number of likely N-dealkylation sites (N-methyl/N-ethyl adjacent to an activating group) is 1. The number of halogens is 1. The summed E-state index contributed by atoms with van der Waals surface area (Å²) in [4.78, 5) is 14.4. The van der Waals surface area contributed by atoms with Crippen LogP contribution in [0.4, 0.5) is 5.69 Å². The van der Waals surface area contributed by atoms with Crippen molar-refractivity contribution in [1.82, 2.24) is 10.6 Å². The Hall–Kier alpha value is -1.26. The maximum Gasteiger partial charge on any atom is 0.242 e. The molecule has 0 bridgehead atoms. The zero-order chi connectivity index (χ0) is 15.2. The molecule has 1 aliphatic heterocycles. The molecule has 2 rings (SSSR count). The Bertz CT molecular complexity index is 492. The summed E-state index contributed by atoms with van der Waals surface area (Å²) >= 11 is 6.18. The molecule has 1 fully saturated rings. The molecule has 1 aromatic rings. The van der Waals surface area contributed by atoms with Gasteiger partial charge in [0.2, 0.25) is 5.91 Å². The van der Waals surface area contributed by atoms with Crippen LogP contribution in [0.15, 0.2) is 18.2 Å². The fourth-order valence-corrected chi connectivity index (χ4v) is 3.04. The van der Waals surface area contributed by atoms with Crippen LogP contribution >= 0.6 is 11.6 Å². The van der Waals surface area contributed by atoms with Crippen molar-refractivity contribution in [2.45, 2.75) is 38.8 Å². The van der Waals surface area contributed by atoms with Gasteiger partial charge in [0.05, 0.1) is 0 Å². The molecule has 21 heavy (non-hydrogen) atoms. The molecule has 1 saturated heterocycles. The molecule has 4 nitrogen and oxygen atoms in total. The third kappa shape index (κ3) is 3.89. The molecule has 5 heteroatoms. The molecule has 0 saturated carbocycles. The maximum absolute atomic E-state index is 12.2. The first-order valence-electron chi connectivity index (χ1n) is 7.64. The molecule has 0 spiro atoms. The Morgan fingerprint density at radius 2 is 2.24 bits per heavy atom. The highest BCUT2D eigenvalue weighted by atomic mass is 35.5. The molecule has 1 aromatic carbocycles. The van der Waals surface area contributed by atoms with Crippen molar-refractivity contribution < 1.29 is 4.79 Å². The lowest BCUT2D eigenvalue weighted by molar-refractivity contribution is -0.122. The van der Waals surface area contributed by atoms with Gasteiger partial charge in [-0.1, -0.05) is 24.6 Å². The van der Waals surface area contributed by atoms with Gasteiger partial charge in [0.25, 0.3) is 0 Å². The van der Waals surface area contributed by atoms with E-state index in [0.29, 0.717) is 5.02 Å². The molecule has 1 heterocycles. The molecular formula is C16H24ClN3O. The van der Waals surface area contributed by atoms with E-state index in [1.54, 1.807) is 7.05 Å². The van der Waals surface area contributed by atoms with Gasteiger partial charge >= 0.3 is 0 Å². The van der Waals surface area contributed by atoms with Crippen LogP contribution in [0.5, 0.6) is 0 Å². The first kappa shape index (κ1) is 16.1. The second kappa shape index (κ2) is 7.66. The fourth-order valence-electron chi connectivity index (χ4n) is 2.87. The van der Waals surface area contributed by atoms with Crippen molar-refractivity contribution in [3.8, 4) is 0 Å². The highest BCUT2D eigenvalue weighted by molar-refractivity contribution is 6.30. The second-order valence-corrected chi connectivity index (χ2v) is 5.81. The average molecular weight is 310 g/mol. The molecule has 0 aliphatic carbocycles. The van der Waals surface area contributed by atoms with Gasteiger partial charge in [-0.15, -0.1) is 0 Å². The molecule has 0 radical (unpaired) electrons. The van der Waals surface area contributed by atoms with Crippen molar-refractivity contribution in [2.24, 2.45) is 0 Å². The summed E-state index contributed by atoms with van der Waals surface area (Å²) in [6.45, 7) is 4.70. The van der Waals surface area contributed by atoms with Gasteiger partial charge in [0.15, 0.2) is 0 Å². The monoisotopic (exact) mass is 309 g/mol. The minimum Gasteiger partial charge on any atom is -0.359 e. The lowest BCUT2D eigenvalue weighted by atomic mass is 9.99. The lowest BCUT2D eigenvalue weighted by Crippen LogP contribution is -2.49. The van der Waals surface area contributed by atoms with Crippen molar-refractivity contribution in [2.75, 3.05) is 25.0 Å². The molecule has 1 atom stereocenters. The van der Waals surface area contributed by atoms with E-state index in [9.17, 15) is 4.79 Å². The van der Waals surface area contributed by atoms with E-state index in [0.717, 1.165) is 44.6 Å². The average Bonchev–Trinajstić information content (AvgIpc) is 2.53. The number of hydrogen-bond donors (Lipinski definition) is 2. The molecule has 116 valence electrons. The van der Waals surface area contributed by atoms with Crippen LogP contribution in [0, 0.1) is 0 Å². The summed E-state index contributed by atoms with van der Waals surface area (Å²) in [6.07, 6.45) is 3.10. The Morgan fingerprint density at radius 3 is 2.95 bits per heavy atom. The number of anilines is 1. The Morgan fingerprint density at radius 1 is 1.43 bits per heavy atom. The molecular weight excluding hydrogens is 286 g/mol. The summed E-state index contributed by atoms with van der Waals surface area (Å²) in [5.41, 5.74) is 2.27. The van der Waals surface area contributed by atoms with E-state index < -0.39 is 0 Å². The number of amides is 1. The Kier molecular flexibility index (Phi) is 5.88. The quantitative estimate of drug-likeness (QED) is 0.878. The van der Waals surface area contributed by atoms with Gasteiger partial charge in [-0.2, -0.15) is 0 Å². The minimum absolute atomic E-state index is 0.0871. The number of hydrogen-bond acceptors (Lipinski definition) is 3. The largest absolute Gasteiger partial charge is 0.359 e. The van der Waals surface area contributed by atoms with Crippen molar-refractivity contribution in [3.05, 3.63) is 28.8 Å². The summed E-state index contributed by atoms with van der Waals surface area (Å²) < 4.78 is 0. The smallest absolute Gasteiger partial charge is 0.242 e. The highest BCUT2D eigenvalue weighted by Crippen LogP contribution is 2.30. The van der Waals surface area contributed by atoms with Gasteiger partial charge in [0.1, 0.15) is 6.04 Å². The SMILES string of the molecule is CCNCc1ccc(Cl)cc1N1CCCCC1C(=O)NC. The van der Waals surface area contributed by atoms with Crippen LogP contribution in [0.1, 0.15) is 31.7 Å². The maximum atomic E-state index is 12.2. The normalized spacial score (nSPS) is 18.6. The number of benzene rings is 1. The van der Waals surface area contributed by atoms with Crippen molar-refractivity contribution in [1.29, 1.82) is 0 Å². The molecule has 0 aromatic heterocycles. The van der Waals surface area contributed by atoms with Crippen LogP contribution in [-0.2, 0) is 11.3 Å². The van der Waals surface area contributed by atoms with E-state index in [1.807, 2.05) is 12.1 Å². The Balaban J connectivity index is 2.32. The van der Waals surface area contributed by atoms with Gasteiger partial charge < -0.3 is 15.5 Å². The number of carbonyl (C=O) groups is 1. The first-order chi connectivity index (χ1) is 10.2. The summed E-state index contributed by atoms with van der Waals surface area (Å²) in [7, 11) is 1.70. The molecule has 2 N–H and O–H groups in total. The van der Waals surface area contributed by atoms with E-state index >= 15 is 0 Å². The summed E-state index contributed by atoms with van der Waals surface area (Å²) in [5, 5.41) is 6.85. The zero-order valence-electron chi connectivity index (χ0n) is 12.8. The van der Waals surface area contributed by atoms with Crippen LogP contribution in [0.2, 0.25) is 5.02 Å². The van der Waals surface area contributed by atoms with Gasteiger partial charge in [-0.3, -0.25) is 4.79 Å². The summed E-state index contributed by atoms with van der Waals surface area (Å²) in [5.74, 6) is 0.0871. The van der Waals surface area contributed by atoms with Crippen LogP contribution in [0.25, 0.3) is 0 Å². The standard InChI is InChI=1S/C16H24ClN3O/c1-3-19-11-12-7-8-13(17)10-15(12)20-9-5-4-6-14(20)16(21)18-2/h7-8,10,14,19H,3-6,9,11H2,1-2H3,(H,18,21). The summed E-state index contributed by atoms with van der Waals surface area (Å²) in [6, 6.07) is 5.85. The van der Waals surface area contributed by atoms with E-state index in [1.165, 1.54) is 5.56 Å². The predicted octanol–water partition coefficient (Wildman–Crippen LogP) is 2.55. The Labute approximate surface area is 131 Å². The van der Waals surface area contributed by atoms with Crippen molar-refractivity contribution in [3.63, 3.8) is 0 Å². The molecule has 1 aliphatic rings.